The maximum Gasteiger partial charge on any atom is 0.255 e. The Bertz CT molecular complexity index is 601. The second-order valence-corrected chi connectivity index (χ2v) is 5.20. The summed E-state index contributed by atoms with van der Waals surface area (Å²) in [6, 6.07) is 13.3. The van der Waals surface area contributed by atoms with Crippen LogP contribution in [0.1, 0.15) is 22.0 Å². The van der Waals surface area contributed by atoms with Crippen LogP contribution in [0.5, 0.6) is 5.75 Å². The molecule has 0 saturated heterocycles. The van der Waals surface area contributed by atoms with E-state index in [9.17, 15) is 15.0 Å². The van der Waals surface area contributed by atoms with E-state index in [1.54, 1.807) is 6.07 Å². The summed E-state index contributed by atoms with van der Waals surface area (Å²) in [5.41, 5.74) is 0.964. The lowest BCUT2D eigenvalue weighted by molar-refractivity contribution is 0.0913. The molecule has 0 aliphatic heterocycles. The maximum absolute atomic E-state index is 12.2. The number of aromatic hydroxyl groups is 1. The lowest BCUT2D eigenvalue weighted by atomic mass is 10.1. The van der Waals surface area contributed by atoms with Gasteiger partial charge in [-0.15, -0.1) is 0 Å². The second-order valence-electron chi connectivity index (χ2n) is 4.28. The topological polar surface area (TPSA) is 69.6 Å². The van der Waals surface area contributed by atoms with Gasteiger partial charge in [-0.1, -0.05) is 46.3 Å². The molecule has 0 saturated carbocycles. The zero-order valence-electron chi connectivity index (χ0n) is 10.6. The molecule has 0 fully saturated rings. The van der Waals surface area contributed by atoms with Crippen molar-refractivity contribution < 1.29 is 15.0 Å². The first kappa shape index (κ1) is 14.6. The van der Waals surface area contributed by atoms with Gasteiger partial charge in [0.2, 0.25) is 0 Å². The molecule has 0 aromatic heterocycles. The van der Waals surface area contributed by atoms with Gasteiger partial charge in [0, 0.05) is 4.47 Å². The fourth-order valence-electron chi connectivity index (χ4n) is 1.85. The highest BCUT2D eigenvalue weighted by molar-refractivity contribution is 9.10. The van der Waals surface area contributed by atoms with Crippen molar-refractivity contribution in [2.24, 2.45) is 0 Å². The quantitative estimate of drug-likeness (QED) is 0.804. The number of rotatable bonds is 4. The smallest absolute Gasteiger partial charge is 0.255 e. The molecule has 4 nitrogen and oxygen atoms in total. The van der Waals surface area contributed by atoms with Crippen LogP contribution in [0.2, 0.25) is 0 Å². The van der Waals surface area contributed by atoms with Crippen LogP contribution >= 0.6 is 15.9 Å². The molecule has 0 bridgehead atoms. The number of phenols is 1. The van der Waals surface area contributed by atoms with Gasteiger partial charge < -0.3 is 15.5 Å². The number of phenolic OH excluding ortho intramolecular Hbond substituents is 1. The first-order chi connectivity index (χ1) is 9.61. The average molecular weight is 336 g/mol. The molecule has 0 aliphatic rings. The van der Waals surface area contributed by atoms with Crippen LogP contribution in [0.3, 0.4) is 0 Å². The average Bonchev–Trinajstić information content (AvgIpc) is 2.48. The summed E-state index contributed by atoms with van der Waals surface area (Å²) in [6.45, 7) is -0.218. The van der Waals surface area contributed by atoms with E-state index in [0.717, 1.165) is 5.56 Å². The number of hydrogen-bond acceptors (Lipinski definition) is 3. The van der Waals surface area contributed by atoms with Crippen LogP contribution in [-0.4, -0.2) is 22.7 Å². The Morgan fingerprint density at radius 1 is 1.20 bits per heavy atom. The molecule has 2 rings (SSSR count). The summed E-state index contributed by atoms with van der Waals surface area (Å²) in [7, 11) is 0. The fourth-order valence-corrected chi connectivity index (χ4v) is 2.21. The van der Waals surface area contributed by atoms with Gasteiger partial charge in [-0.05, 0) is 23.8 Å². The Morgan fingerprint density at radius 3 is 2.55 bits per heavy atom. The minimum atomic E-state index is -0.512. The molecule has 1 atom stereocenters. The molecule has 0 heterocycles. The van der Waals surface area contributed by atoms with E-state index in [2.05, 4.69) is 21.2 Å². The van der Waals surface area contributed by atoms with Gasteiger partial charge in [0.1, 0.15) is 5.75 Å². The van der Waals surface area contributed by atoms with Crippen LogP contribution in [0.4, 0.5) is 0 Å². The highest BCUT2D eigenvalue weighted by Gasteiger charge is 2.17. The third kappa shape index (κ3) is 3.37. The van der Waals surface area contributed by atoms with E-state index in [-0.39, 0.29) is 17.9 Å². The highest BCUT2D eigenvalue weighted by atomic mass is 79.9. The van der Waals surface area contributed by atoms with Gasteiger partial charge in [0.05, 0.1) is 18.2 Å². The summed E-state index contributed by atoms with van der Waals surface area (Å²) in [6.07, 6.45) is 0. The van der Waals surface area contributed by atoms with Gasteiger partial charge in [0.25, 0.3) is 5.91 Å². The maximum atomic E-state index is 12.2. The summed E-state index contributed by atoms with van der Waals surface area (Å²) in [4.78, 5) is 12.2. The minimum absolute atomic E-state index is 0.101. The molecular weight excluding hydrogens is 322 g/mol. The molecule has 5 heteroatoms. The molecule has 3 N–H and O–H groups in total. The Hall–Kier alpha value is -1.85. The van der Waals surface area contributed by atoms with Gasteiger partial charge in [-0.3, -0.25) is 4.79 Å². The SMILES string of the molecule is O=C(NC(CO)c1ccccc1)c1cc(Br)ccc1O. The molecule has 0 radical (unpaired) electrons. The number of hydrogen-bond donors (Lipinski definition) is 3. The third-order valence-corrected chi connectivity index (χ3v) is 3.39. The van der Waals surface area contributed by atoms with Crippen LogP contribution in [-0.2, 0) is 0 Å². The molecule has 1 unspecified atom stereocenters. The molecule has 1 amide bonds. The van der Waals surface area contributed by atoms with Gasteiger partial charge in [0.15, 0.2) is 0 Å². The molecular formula is C15H14BrNO3. The van der Waals surface area contributed by atoms with Crippen LogP contribution < -0.4 is 5.32 Å². The molecule has 0 aliphatic carbocycles. The number of nitrogens with one attached hydrogen (secondary N) is 1. The van der Waals surface area contributed by atoms with Crippen molar-refractivity contribution in [3.8, 4) is 5.75 Å². The van der Waals surface area contributed by atoms with E-state index >= 15 is 0 Å². The summed E-state index contributed by atoms with van der Waals surface area (Å²) >= 11 is 3.25. The molecule has 2 aromatic carbocycles. The van der Waals surface area contributed by atoms with Gasteiger partial charge in [-0.25, -0.2) is 0 Å². The van der Waals surface area contributed by atoms with E-state index < -0.39 is 11.9 Å². The number of aliphatic hydroxyl groups is 1. The number of carbonyl (C=O) groups is 1. The Labute approximate surface area is 125 Å². The lowest BCUT2D eigenvalue weighted by Gasteiger charge is -2.17. The largest absolute Gasteiger partial charge is 0.507 e. The fraction of sp³-hybridized carbons (Fsp3) is 0.133. The summed E-state index contributed by atoms with van der Waals surface area (Å²) < 4.78 is 0.695. The van der Waals surface area contributed by atoms with E-state index in [0.29, 0.717) is 4.47 Å². The Morgan fingerprint density at radius 2 is 1.90 bits per heavy atom. The van der Waals surface area contributed by atoms with Crippen LogP contribution in [0.15, 0.2) is 53.0 Å². The molecule has 2 aromatic rings. The van der Waals surface area contributed by atoms with E-state index in [4.69, 9.17) is 0 Å². The van der Waals surface area contributed by atoms with Crippen molar-refractivity contribution in [1.82, 2.24) is 5.32 Å². The lowest BCUT2D eigenvalue weighted by Crippen LogP contribution is -2.30. The number of carbonyl (C=O) groups excluding carboxylic acids is 1. The van der Waals surface area contributed by atoms with E-state index in [1.165, 1.54) is 12.1 Å². The van der Waals surface area contributed by atoms with Crippen molar-refractivity contribution >= 4 is 21.8 Å². The zero-order valence-corrected chi connectivity index (χ0v) is 12.2. The normalized spacial score (nSPS) is 11.9. The molecule has 20 heavy (non-hydrogen) atoms. The first-order valence-electron chi connectivity index (χ1n) is 6.07. The Balaban J connectivity index is 2.20. The number of aliphatic hydroxyl groups excluding tert-OH is 1. The Kier molecular flexibility index (Phi) is 4.76. The van der Waals surface area contributed by atoms with Crippen molar-refractivity contribution in [2.75, 3.05) is 6.61 Å². The molecule has 104 valence electrons. The van der Waals surface area contributed by atoms with E-state index in [1.807, 2.05) is 30.3 Å². The molecule has 0 spiro atoms. The van der Waals surface area contributed by atoms with Crippen molar-refractivity contribution in [2.45, 2.75) is 6.04 Å². The van der Waals surface area contributed by atoms with Crippen molar-refractivity contribution in [3.05, 3.63) is 64.1 Å². The minimum Gasteiger partial charge on any atom is -0.507 e. The van der Waals surface area contributed by atoms with Crippen LogP contribution in [0, 0.1) is 0 Å². The summed E-state index contributed by atoms with van der Waals surface area (Å²) in [5.74, 6) is -0.540. The zero-order chi connectivity index (χ0) is 14.5. The monoisotopic (exact) mass is 335 g/mol. The highest BCUT2D eigenvalue weighted by Crippen LogP contribution is 2.22. The first-order valence-corrected chi connectivity index (χ1v) is 6.86. The van der Waals surface area contributed by atoms with Crippen molar-refractivity contribution in [3.63, 3.8) is 0 Å². The second kappa shape index (κ2) is 6.54. The third-order valence-electron chi connectivity index (χ3n) is 2.89. The number of halogens is 1. The van der Waals surface area contributed by atoms with Gasteiger partial charge >= 0.3 is 0 Å². The number of amides is 1. The summed E-state index contributed by atoms with van der Waals surface area (Å²) in [5, 5.41) is 21.8. The standard InChI is InChI=1S/C15H14BrNO3/c16-11-6-7-14(19)12(8-11)15(20)17-13(9-18)10-4-2-1-3-5-10/h1-8,13,18-19H,9H2,(H,17,20). The van der Waals surface area contributed by atoms with Gasteiger partial charge in [-0.2, -0.15) is 0 Å². The number of benzene rings is 2. The predicted molar refractivity (Wildman–Crippen MR) is 79.5 cm³/mol. The predicted octanol–water partition coefficient (Wildman–Crippen LogP) is 2.62. The van der Waals surface area contributed by atoms with Crippen molar-refractivity contribution in [1.29, 1.82) is 0 Å². The van der Waals surface area contributed by atoms with Crippen LogP contribution in [0.25, 0.3) is 0 Å².